The molecule has 0 atom stereocenters. The number of amides is 3. The van der Waals surface area contributed by atoms with Crippen LogP contribution in [-0.4, -0.2) is 88.5 Å². The summed E-state index contributed by atoms with van der Waals surface area (Å²) in [5.41, 5.74) is 2.60. The zero-order valence-corrected chi connectivity index (χ0v) is 23.2. The summed E-state index contributed by atoms with van der Waals surface area (Å²) in [6.45, 7) is 9.82. The molecule has 0 bridgehead atoms. The number of carbonyl (C=O) groups is 3. The van der Waals surface area contributed by atoms with Crippen molar-refractivity contribution in [3.8, 4) is 11.1 Å². The smallest absolute Gasteiger partial charge is 0.412 e. The summed E-state index contributed by atoms with van der Waals surface area (Å²) < 4.78 is 5.33. The van der Waals surface area contributed by atoms with Crippen LogP contribution in [0.1, 0.15) is 40.9 Å². The summed E-state index contributed by atoms with van der Waals surface area (Å²) in [7, 11) is 0. The molecule has 3 aromatic rings. The minimum atomic E-state index is -0.571. The molecule has 0 radical (unpaired) electrons. The van der Waals surface area contributed by atoms with E-state index in [1.807, 2.05) is 84.5 Å². The number of hydrogen-bond donors (Lipinski definition) is 1. The van der Waals surface area contributed by atoms with Crippen LogP contribution in [0.4, 0.5) is 10.5 Å². The second kappa shape index (κ2) is 11.2. The van der Waals surface area contributed by atoms with Crippen LogP contribution in [-0.2, 0) is 4.74 Å². The van der Waals surface area contributed by atoms with Crippen molar-refractivity contribution in [1.29, 1.82) is 0 Å². The van der Waals surface area contributed by atoms with Gasteiger partial charge < -0.3 is 14.5 Å². The molecule has 1 aromatic heterocycles. The highest BCUT2D eigenvalue weighted by molar-refractivity contribution is 7.11. The predicted molar refractivity (Wildman–Crippen MR) is 151 cm³/mol. The van der Waals surface area contributed by atoms with Crippen molar-refractivity contribution in [2.45, 2.75) is 32.4 Å². The first-order valence-corrected chi connectivity index (χ1v) is 14.0. The molecule has 204 valence electrons. The van der Waals surface area contributed by atoms with E-state index in [0.29, 0.717) is 48.5 Å². The third-order valence-electron chi connectivity index (χ3n) is 6.86. The van der Waals surface area contributed by atoms with Crippen molar-refractivity contribution in [3.05, 3.63) is 70.7 Å². The predicted octanol–water partition coefficient (Wildman–Crippen LogP) is 4.44. The maximum absolute atomic E-state index is 13.1. The average Bonchev–Trinajstić information content (AvgIpc) is 3.42. The van der Waals surface area contributed by atoms with Crippen LogP contribution < -0.4 is 5.32 Å². The van der Waals surface area contributed by atoms with Crippen LogP contribution in [0, 0.1) is 0 Å². The number of carbonyl (C=O) groups excluding carboxylic acids is 3. The van der Waals surface area contributed by atoms with Gasteiger partial charge in [0.2, 0.25) is 0 Å². The van der Waals surface area contributed by atoms with Gasteiger partial charge in [0.1, 0.15) is 5.60 Å². The second-order valence-corrected chi connectivity index (χ2v) is 11.7. The topological polar surface area (TPSA) is 95.1 Å². The van der Waals surface area contributed by atoms with Gasteiger partial charge in [-0.2, -0.15) is 0 Å². The van der Waals surface area contributed by atoms with E-state index in [1.54, 1.807) is 6.20 Å². The molecule has 0 saturated carbocycles. The van der Waals surface area contributed by atoms with E-state index >= 15 is 0 Å². The van der Waals surface area contributed by atoms with Crippen molar-refractivity contribution in [2.24, 2.45) is 0 Å². The van der Waals surface area contributed by atoms with Crippen LogP contribution in [0.15, 0.2) is 60.1 Å². The van der Waals surface area contributed by atoms with Gasteiger partial charge in [0.15, 0.2) is 5.01 Å². The van der Waals surface area contributed by atoms with E-state index < -0.39 is 11.7 Å². The molecule has 5 rings (SSSR count). The van der Waals surface area contributed by atoms with E-state index in [1.165, 1.54) is 11.3 Å². The van der Waals surface area contributed by atoms with Crippen LogP contribution in [0.3, 0.4) is 0 Å². The largest absolute Gasteiger partial charge is 0.444 e. The first-order valence-electron chi connectivity index (χ1n) is 13.1. The average molecular weight is 548 g/mol. The molecule has 9 nitrogen and oxygen atoms in total. The van der Waals surface area contributed by atoms with E-state index in [4.69, 9.17) is 4.74 Å². The first-order chi connectivity index (χ1) is 18.7. The molecule has 0 spiro atoms. The molecule has 2 aliphatic rings. The normalized spacial score (nSPS) is 16.5. The van der Waals surface area contributed by atoms with Gasteiger partial charge in [-0.05, 0) is 56.2 Å². The fourth-order valence-electron chi connectivity index (χ4n) is 4.79. The Morgan fingerprint density at radius 3 is 2.28 bits per heavy atom. The number of likely N-dealkylation sites (tertiary alicyclic amines) is 1. The molecule has 2 fully saturated rings. The summed E-state index contributed by atoms with van der Waals surface area (Å²) >= 11 is 1.37. The number of benzene rings is 2. The number of rotatable bonds is 5. The maximum Gasteiger partial charge on any atom is 0.412 e. The van der Waals surface area contributed by atoms with Gasteiger partial charge in [0.05, 0.1) is 0 Å². The lowest BCUT2D eigenvalue weighted by Gasteiger charge is -2.48. The Morgan fingerprint density at radius 2 is 1.64 bits per heavy atom. The van der Waals surface area contributed by atoms with E-state index in [0.717, 1.165) is 24.2 Å². The van der Waals surface area contributed by atoms with Crippen LogP contribution in [0.5, 0.6) is 0 Å². The minimum absolute atomic E-state index is 0.00420. The van der Waals surface area contributed by atoms with Gasteiger partial charge in [-0.3, -0.25) is 19.8 Å². The highest BCUT2D eigenvalue weighted by Crippen LogP contribution is 2.25. The lowest BCUT2D eigenvalue weighted by molar-refractivity contribution is 0.00852. The molecule has 39 heavy (non-hydrogen) atoms. The van der Waals surface area contributed by atoms with E-state index in [9.17, 15) is 14.4 Å². The van der Waals surface area contributed by atoms with Crippen LogP contribution in [0.2, 0.25) is 0 Å². The summed E-state index contributed by atoms with van der Waals surface area (Å²) in [6.07, 6.45) is 1.16. The lowest BCUT2D eigenvalue weighted by atomic mass is 10.0. The molecule has 2 aromatic carbocycles. The molecular weight excluding hydrogens is 514 g/mol. The van der Waals surface area contributed by atoms with Crippen molar-refractivity contribution < 1.29 is 19.1 Å². The zero-order valence-electron chi connectivity index (χ0n) is 22.4. The molecule has 2 aliphatic heterocycles. The Balaban J connectivity index is 1.11. The van der Waals surface area contributed by atoms with Crippen molar-refractivity contribution >= 4 is 34.9 Å². The number of nitrogens with one attached hydrogen (secondary N) is 1. The summed E-state index contributed by atoms with van der Waals surface area (Å²) in [5, 5.41) is 5.13. The summed E-state index contributed by atoms with van der Waals surface area (Å²) in [6, 6.07) is 15.4. The number of anilines is 1. The van der Waals surface area contributed by atoms with Gasteiger partial charge >= 0.3 is 6.09 Å². The molecule has 0 aliphatic carbocycles. The highest BCUT2D eigenvalue weighted by Gasteiger charge is 2.37. The fraction of sp³-hybridized carbons (Fsp3) is 0.379. The number of aromatic nitrogens is 1. The zero-order chi connectivity index (χ0) is 27.6. The maximum atomic E-state index is 13.1. The molecule has 10 heteroatoms. The number of hydrogen-bond acceptors (Lipinski definition) is 7. The standard InChI is InChI=1S/C29H33N5O4S/c1-29(2,3)38-28(37)31-23-6-4-5-22(17-23)20-7-9-21(10-8-20)26(35)34-18-24(19-34)32-12-14-33(15-13-32)27(36)25-30-11-16-39-25/h4-11,16-17,24H,12-15,18-19H2,1-3H3,(H,31,37). The highest BCUT2D eigenvalue weighted by atomic mass is 32.1. The third kappa shape index (κ3) is 6.46. The van der Waals surface area contributed by atoms with Crippen LogP contribution >= 0.6 is 11.3 Å². The number of piperazine rings is 1. The summed E-state index contributed by atoms with van der Waals surface area (Å²) in [4.78, 5) is 47.9. The molecule has 0 unspecified atom stereocenters. The Morgan fingerprint density at radius 1 is 0.923 bits per heavy atom. The second-order valence-electron chi connectivity index (χ2n) is 10.8. The SMILES string of the molecule is CC(C)(C)OC(=O)Nc1cccc(-c2ccc(C(=O)N3CC(N4CCN(C(=O)c5nccs5)CC4)C3)cc2)c1. The van der Waals surface area contributed by atoms with Crippen LogP contribution in [0.25, 0.3) is 11.1 Å². The number of thiazole rings is 1. The summed E-state index contributed by atoms with van der Waals surface area (Å²) in [5.74, 6) is 0.0280. The van der Waals surface area contributed by atoms with Gasteiger partial charge in [-0.15, -0.1) is 11.3 Å². The quantitative estimate of drug-likeness (QED) is 0.508. The van der Waals surface area contributed by atoms with E-state index in [2.05, 4.69) is 15.2 Å². The fourth-order valence-corrected chi connectivity index (χ4v) is 5.39. The lowest BCUT2D eigenvalue weighted by Crippen LogP contribution is -2.64. The van der Waals surface area contributed by atoms with E-state index in [-0.39, 0.29) is 11.8 Å². The van der Waals surface area contributed by atoms with Gasteiger partial charge in [0.25, 0.3) is 11.8 Å². The molecular formula is C29H33N5O4S. The minimum Gasteiger partial charge on any atom is -0.444 e. The number of ether oxygens (including phenoxy) is 1. The molecule has 1 N–H and O–H groups in total. The molecule has 3 heterocycles. The first kappa shape index (κ1) is 26.8. The van der Waals surface area contributed by atoms with Crippen molar-refractivity contribution in [3.63, 3.8) is 0 Å². The third-order valence-corrected chi connectivity index (χ3v) is 7.62. The van der Waals surface area contributed by atoms with Crippen molar-refractivity contribution in [2.75, 3.05) is 44.6 Å². The van der Waals surface area contributed by atoms with Gasteiger partial charge in [-0.25, -0.2) is 9.78 Å². The van der Waals surface area contributed by atoms with Gasteiger partial charge in [0, 0.05) is 68.1 Å². The Labute approximate surface area is 232 Å². The monoisotopic (exact) mass is 547 g/mol. The number of nitrogens with zero attached hydrogens (tertiary/aromatic N) is 4. The Bertz CT molecular complexity index is 1320. The van der Waals surface area contributed by atoms with Crippen molar-refractivity contribution in [1.82, 2.24) is 19.7 Å². The van der Waals surface area contributed by atoms with Gasteiger partial charge in [-0.1, -0.05) is 24.3 Å². The molecule has 2 saturated heterocycles. The Hall–Kier alpha value is -3.76. The Kier molecular flexibility index (Phi) is 7.67. The molecule has 3 amide bonds.